The Labute approximate surface area is 218 Å². The van der Waals surface area contributed by atoms with Crippen molar-refractivity contribution in [3.05, 3.63) is 54.0 Å². The summed E-state index contributed by atoms with van der Waals surface area (Å²) in [6.45, 7) is 12.0. The topological polar surface area (TPSA) is 59.0 Å². The van der Waals surface area contributed by atoms with Crippen LogP contribution in [0, 0.1) is 30.1 Å². The lowest BCUT2D eigenvalue weighted by Crippen LogP contribution is -2.56. The van der Waals surface area contributed by atoms with E-state index in [0.29, 0.717) is 17.9 Å². The number of piperidine rings is 1. The molecule has 1 heterocycles. The van der Waals surface area contributed by atoms with E-state index in [1.807, 2.05) is 13.3 Å². The fraction of sp³-hybridized carbons (Fsp3) is 0.677. The molecule has 0 bridgehead atoms. The fourth-order valence-corrected chi connectivity index (χ4v) is 6.73. The van der Waals surface area contributed by atoms with Gasteiger partial charge in [-0.2, -0.15) is 0 Å². The number of hydrogen-bond acceptors (Lipinski definition) is 5. The van der Waals surface area contributed by atoms with Gasteiger partial charge in [0.2, 0.25) is 0 Å². The zero-order valence-electron chi connectivity index (χ0n) is 22.7. The summed E-state index contributed by atoms with van der Waals surface area (Å²) < 4.78 is 11.7. The van der Waals surface area contributed by atoms with Crippen LogP contribution in [0.5, 0.6) is 0 Å². The Morgan fingerprint density at radius 2 is 1.89 bits per heavy atom. The molecule has 1 saturated carbocycles. The van der Waals surface area contributed by atoms with Gasteiger partial charge in [0.1, 0.15) is 6.10 Å². The minimum absolute atomic E-state index is 0.0774. The first kappa shape index (κ1) is 27.3. The van der Waals surface area contributed by atoms with Gasteiger partial charge in [-0.1, -0.05) is 50.3 Å². The number of benzene rings is 1. The van der Waals surface area contributed by atoms with Gasteiger partial charge in [-0.3, -0.25) is 4.79 Å². The highest BCUT2D eigenvalue weighted by Gasteiger charge is 2.53. The normalized spacial score (nSPS) is 32.4. The smallest absolute Gasteiger partial charge is 0.303 e. The number of nitrogens with zero attached hydrogens (tertiary/aromatic N) is 1. The summed E-state index contributed by atoms with van der Waals surface area (Å²) in [4.78, 5) is 14.2. The molecule has 0 amide bonds. The first-order valence-electron chi connectivity index (χ1n) is 14.1. The van der Waals surface area contributed by atoms with Crippen LogP contribution in [0.2, 0.25) is 0 Å². The largest absolute Gasteiger partial charge is 0.458 e. The van der Waals surface area contributed by atoms with Gasteiger partial charge in [-0.25, -0.2) is 0 Å². The molecule has 1 radical (unpaired) electrons. The van der Waals surface area contributed by atoms with E-state index < -0.39 is 11.7 Å². The summed E-state index contributed by atoms with van der Waals surface area (Å²) in [7, 11) is 0. The summed E-state index contributed by atoms with van der Waals surface area (Å²) >= 11 is 0. The van der Waals surface area contributed by atoms with Gasteiger partial charge in [-0.05, 0) is 74.3 Å². The van der Waals surface area contributed by atoms with Crippen molar-refractivity contribution >= 4 is 5.97 Å². The average molecular weight is 497 g/mol. The second kappa shape index (κ2) is 12.2. The highest BCUT2D eigenvalue weighted by atomic mass is 16.5. The van der Waals surface area contributed by atoms with Crippen molar-refractivity contribution < 1.29 is 19.4 Å². The quantitative estimate of drug-likeness (QED) is 0.288. The summed E-state index contributed by atoms with van der Waals surface area (Å²) in [6.07, 6.45) is 10.6. The lowest BCUT2D eigenvalue weighted by atomic mass is 9.57. The van der Waals surface area contributed by atoms with Crippen molar-refractivity contribution in [1.82, 2.24) is 4.90 Å². The zero-order chi connectivity index (χ0) is 25.7. The molecule has 4 rings (SSSR count). The van der Waals surface area contributed by atoms with Gasteiger partial charge in [0.15, 0.2) is 0 Å². The number of fused-ring (bicyclic) bond motifs is 1. The standard InChI is InChI=1S/C31H46NO4/c1-22-19-29-28(13-12-24(3)31(29,34)20-30(22)36-25(4)33)23(2)21-32-16-14-27(15-17-32)35-18-8-11-26-9-6-5-7-10-26/h5-7,9-10,19-20,23-24,27-30,34H,8,11-18,21H2,1-4H3/t23?,24-,28+,29-,30-,31-/m1/s1. The molecule has 36 heavy (non-hydrogen) atoms. The highest BCUT2D eigenvalue weighted by Crippen LogP contribution is 2.50. The van der Waals surface area contributed by atoms with Gasteiger partial charge in [-0.15, -0.1) is 0 Å². The fourth-order valence-electron chi connectivity index (χ4n) is 6.73. The second-order valence-electron chi connectivity index (χ2n) is 11.6. The monoisotopic (exact) mass is 496 g/mol. The SMILES string of the molecule is CC(=O)O[C@@H]1[CH][C@@]2(O)[C@H](C)CC[C@@H](C(C)CN3CCC(OCCCc4ccccc4)CC3)[C@H]2C=C1C. The first-order chi connectivity index (χ1) is 17.3. The van der Waals surface area contributed by atoms with Crippen molar-refractivity contribution in [1.29, 1.82) is 0 Å². The van der Waals surface area contributed by atoms with Crippen LogP contribution < -0.4 is 0 Å². The molecular weight excluding hydrogens is 450 g/mol. The summed E-state index contributed by atoms with van der Waals surface area (Å²) in [5.74, 6) is 0.836. The van der Waals surface area contributed by atoms with E-state index in [-0.39, 0.29) is 17.8 Å². The van der Waals surface area contributed by atoms with Crippen molar-refractivity contribution in [2.24, 2.45) is 23.7 Å². The van der Waals surface area contributed by atoms with Gasteiger partial charge in [0.25, 0.3) is 0 Å². The Morgan fingerprint density at radius 3 is 2.58 bits per heavy atom. The van der Waals surface area contributed by atoms with Crippen LogP contribution in [0.1, 0.15) is 65.4 Å². The Morgan fingerprint density at radius 1 is 1.17 bits per heavy atom. The number of carbonyl (C=O) groups is 1. The Kier molecular flexibility index (Phi) is 9.29. The molecule has 5 heteroatoms. The molecule has 0 spiro atoms. The third-order valence-electron chi connectivity index (χ3n) is 8.94. The van der Waals surface area contributed by atoms with Gasteiger partial charge < -0.3 is 19.5 Å². The van der Waals surface area contributed by atoms with Crippen molar-refractivity contribution in [3.8, 4) is 0 Å². The van der Waals surface area contributed by atoms with E-state index in [2.05, 4.69) is 55.2 Å². The molecule has 1 saturated heterocycles. The van der Waals surface area contributed by atoms with Crippen LogP contribution in [0.25, 0.3) is 0 Å². The minimum Gasteiger partial charge on any atom is -0.458 e. The molecular formula is C31H46NO4. The van der Waals surface area contributed by atoms with Crippen LogP contribution in [0.4, 0.5) is 0 Å². The molecule has 6 atom stereocenters. The molecule has 1 aromatic carbocycles. The number of ether oxygens (including phenoxy) is 2. The number of hydrogen-bond donors (Lipinski definition) is 1. The van der Waals surface area contributed by atoms with E-state index >= 15 is 0 Å². The van der Waals surface area contributed by atoms with Crippen LogP contribution >= 0.6 is 0 Å². The minimum atomic E-state index is -0.919. The van der Waals surface area contributed by atoms with Crippen molar-refractivity contribution in [2.45, 2.75) is 84.0 Å². The number of aryl methyl sites for hydroxylation is 1. The third-order valence-corrected chi connectivity index (χ3v) is 8.94. The van der Waals surface area contributed by atoms with Crippen LogP contribution in [0.3, 0.4) is 0 Å². The van der Waals surface area contributed by atoms with E-state index in [1.54, 1.807) is 0 Å². The predicted octanol–water partition coefficient (Wildman–Crippen LogP) is 5.23. The third kappa shape index (κ3) is 6.59. The van der Waals surface area contributed by atoms with E-state index in [0.717, 1.165) is 70.3 Å². The van der Waals surface area contributed by atoms with Gasteiger partial charge in [0.05, 0.1) is 11.7 Å². The molecule has 1 unspecified atom stereocenters. The maximum atomic E-state index is 11.8. The molecule has 3 aliphatic rings. The lowest BCUT2D eigenvalue weighted by Gasteiger charge is -2.53. The van der Waals surface area contributed by atoms with Gasteiger partial charge in [0, 0.05) is 45.5 Å². The van der Waals surface area contributed by atoms with E-state index in [9.17, 15) is 9.90 Å². The molecule has 2 aliphatic carbocycles. The molecule has 1 N–H and O–H groups in total. The van der Waals surface area contributed by atoms with Crippen molar-refractivity contribution in [3.63, 3.8) is 0 Å². The zero-order valence-corrected chi connectivity index (χ0v) is 22.7. The Balaban J connectivity index is 1.25. The molecule has 1 aliphatic heterocycles. The Bertz CT molecular complexity index is 878. The molecule has 0 aromatic heterocycles. The number of rotatable bonds is 9. The summed E-state index contributed by atoms with van der Waals surface area (Å²) in [5, 5.41) is 11.8. The van der Waals surface area contributed by atoms with Crippen molar-refractivity contribution in [2.75, 3.05) is 26.2 Å². The number of esters is 1. The maximum absolute atomic E-state index is 11.8. The van der Waals surface area contributed by atoms with Gasteiger partial charge >= 0.3 is 5.97 Å². The summed E-state index contributed by atoms with van der Waals surface area (Å²) in [6, 6.07) is 10.6. The Hall–Kier alpha value is -1.69. The predicted molar refractivity (Wildman–Crippen MR) is 143 cm³/mol. The first-order valence-corrected chi connectivity index (χ1v) is 14.1. The second-order valence-corrected chi connectivity index (χ2v) is 11.6. The highest BCUT2D eigenvalue weighted by molar-refractivity contribution is 5.66. The molecule has 199 valence electrons. The number of carbonyl (C=O) groups excluding carboxylic acids is 1. The molecule has 5 nitrogen and oxygen atoms in total. The van der Waals surface area contributed by atoms with Crippen LogP contribution in [0.15, 0.2) is 42.0 Å². The molecule has 1 aromatic rings. The number of likely N-dealkylation sites (tertiary alicyclic amines) is 1. The maximum Gasteiger partial charge on any atom is 0.303 e. The van der Waals surface area contributed by atoms with Crippen LogP contribution in [-0.2, 0) is 20.7 Å². The van der Waals surface area contributed by atoms with E-state index in [1.165, 1.54) is 12.5 Å². The van der Waals surface area contributed by atoms with E-state index in [4.69, 9.17) is 9.47 Å². The molecule has 2 fully saturated rings. The number of aliphatic hydroxyl groups is 1. The summed E-state index contributed by atoms with van der Waals surface area (Å²) in [5.41, 5.74) is 1.50. The lowest BCUT2D eigenvalue weighted by molar-refractivity contribution is -0.148. The van der Waals surface area contributed by atoms with Crippen LogP contribution in [-0.4, -0.2) is 60.0 Å². The average Bonchev–Trinajstić information content (AvgIpc) is 2.85.